The van der Waals surface area contributed by atoms with E-state index >= 15 is 0 Å². The molecule has 3 aromatic rings. The highest BCUT2D eigenvalue weighted by Crippen LogP contribution is 2.29. The van der Waals surface area contributed by atoms with Gasteiger partial charge in [-0.25, -0.2) is 4.98 Å². The number of furan rings is 1. The van der Waals surface area contributed by atoms with E-state index in [1.807, 2.05) is 12.1 Å². The van der Waals surface area contributed by atoms with Crippen molar-refractivity contribution in [1.29, 1.82) is 0 Å². The SMILES string of the molecule is CN(CC(=O)Nc1ncc(Cc2cccc(Cl)c2Cl)s1)C(=O)c1ccco1. The maximum absolute atomic E-state index is 12.2. The number of thiazole rings is 1. The van der Waals surface area contributed by atoms with Crippen LogP contribution in [0.4, 0.5) is 5.13 Å². The minimum absolute atomic E-state index is 0.116. The van der Waals surface area contributed by atoms with Crippen LogP contribution in [0.25, 0.3) is 0 Å². The Morgan fingerprint density at radius 1 is 1.26 bits per heavy atom. The number of nitrogens with zero attached hydrogens (tertiary/aromatic N) is 2. The van der Waals surface area contributed by atoms with Gasteiger partial charge in [-0.15, -0.1) is 11.3 Å². The maximum Gasteiger partial charge on any atom is 0.289 e. The second-order valence-electron chi connectivity index (χ2n) is 5.71. The number of halogens is 2. The molecule has 1 aromatic carbocycles. The molecule has 27 heavy (non-hydrogen) atoms. The summed E-state index contributed by atoms with van der Waals surface area (Å²) in [6, 6.07) is 8.61. The summed E-state index contributed by atoms with van der Waals surface area (Å²) in [5.41, 5.74) is 0.884. The van der Waals surface area contributed by atoms with Crippen LogP contribution in [0.2, 0.25) is 10.0 Å². The van der Waals surface area contributed by atoms with Gasteiger partial charge in [-0.3, -0.25) is 9.59 Å². The molecule has 140 valence electrons. The number of benzene rings is 1. The molecular formula is C18H15Cl2N3O3S. The van der Waals surface area contributed by atoms with Crippen molar-refractivity contribution in [2.75, 3.05) is 18.9 Å². The second kappa shape index (κ2) is 8.56. The quantitative estimate of drug-likeness (QED) is 0.639. The third-order valence-corrected chi connectivity index (χ3v) is 5.43. The van der Waals surface area contributed by atoms with E-state index < -0.39 is 0 Å². The number of anilines is 1. The van der Waals surface area contributed by atoms with Crippen LogP contribution in [0.5, 0.6) is 0 Å². The summed E-state index contributed by atoms with van der Waals surface area (Å²) < 4.78 is 5.04. The molecule has 3 rings (SSSR count). The first-order valence-electron chi connectivity index (χ1n) is 7.90. The zero-order valence-corrected chi connectivity index (χ0v) is 16.6. The molecule has 2 amide bonds. The number of likely N-dealkylation sites (N-methyl/N-ethyl adjacent to an activating group) is 1. The minimum Gasteiger partial charge on any atom is -0.459 e. The van der Waals surface area contributed by atoms with Crippen LogP contribution in [-0.4, -0.2) is 35.3 Å². The summed E-state index contributed by atoms with van der Waals surface area (Å²) >= 11 is 13.6. The Bertz CT molecular complexity index is 957. The summed E-state index contributed by atoms with van der Waals surface area (Å²) in [6.45, 7) is -0.116. The number of nitrogens with one attached hydrogen (secondary N) is 1. The Labute approximate surface area is 169 Å². The zero-order valence-electron chi connectivity index (χ0n) is 14.2. The van der Waals surface area contributed by atoms with E-state index in [0.717, 1.165) is 10.4 Å². The summed E-state index contributed by atoms with van der Waals surface area (Å²) in [5.74, 6) is -0.537. The van der Waals surface area contributed by atoms with Gasteiger partial charge in [0, 0.05) is 24.5 Å². The van der Waals surface area contributed by atoms with Gasteiger partial charge >= 0.3 is 0 Å². The molecule has 6 nitrogen and oxygen atoms in total. The van der Waals surface area contributed by atoms with Crippen molar-refractivity contribution in [2.24, 2.45) is 0 Å². The van der Waals surface area contributed by atoms with Gasteiger partial charge in [0.2, 0.25) is 5.91 Å². The third-order valence-electron chi connectivity index (χ3n) is 3.66. The number of aromatic nitrogens is 1. The summed E-state index contributed by atoms with van der Waals surface area (Å²) in [5, 5.41) is 4.15. The molecule has 0 aliphatic heterocycles. The summed E-state index contributed by atoms with van der Waals surface area (Å²) in [4.78, 5) is 30.6. The molecule has 0 bridgehead atoms. The Morgan fingerprint density at radius 3 is 2.81 bits per heavy atom. The third kappa shape index (κ3) is 4.88. The van der Waals surface area contributed by atoms with Gasteiger partial charge < -0.3 is 14.6 Å². The average molecular weight is 424 g/mol. The van der Waals surface area contributed by atoms with Crippen molar-refractivity contribution in [1.82, 2.24) is 9.88 Å². The van der Waals surface area contributed by atoms with Crippen molar-refractivity contribution in [2.45, 2.75) is 6.42 Å². The van der Waals surface area contributed by atoms with Crippen LogP contribution in [-0.2, 0) is 11.2 Å². The molecule has 1 N–H and O–H groups in total. The minimum atomic E-state index is -0.370. The van der Waals surface area contributed by atoms with Gasteiger partial charge in [0.15, 0.2) is 10.9 Å². The van der Waals surface area contributed by atoms with Crippen molar-refractivity contribution >= 4 is 51.5 Å². The second-order valence-corrected chi connectivity index (χ2v) is 7.61. The van der Waals surface area contributed by atoms with Gasteiger partial charge in [0.25, 0.3) is 5.91 Å². The monoisotopic (exact) mass is 423 g/mol. The fourth-order valence-corrected chi connectivity index (χ4v) is 3.59. The van der Waals surface area contributed by atoms with Crippen molar-refractivity contribution < 1.29 is 14.0 Å². The number of amides is 2. The lowest BCUT2D eigenvalue weighted by Gasteiger charge is -2.14. The molecule has 0 atom stereocenters. The summed E-state index contributed by atoms with van der Waals surface area (Å²) in [6.07, 6.45) is 3.64. The zero-order chi connectivity index (χ0) is 19.4. The van der Waals surface area contributed by atoms with E-state index in [-0.39, 0.29) is 24.1 Å². The first kappa shape index (κ1) is 19.4. The van der Waals surface area contributed by atoms with E-state index in [1.54, 1.807) is 24.4 Å². The Morgan fingerprint density at radius 2 is 2.07 bits per heavy atom. The van der Waals surface area contributed by atoms with Crippen molar-refractivity contribution in [3.8, 4) is 0 Å². The first-order valence-corrected chi connectivity index (χ1v) is 9.47. The predicted octanol–water partition coefficient (Wildman–Crippen LogP) is 4.34. The number of hydrogen-bond donors (Lipinski definition) is 1. The number of carbonyl (C=O) groups excluding carboxylic acids is 2. The first-order chi connectivity index (χ1) is 12.9. The molecule has 0 aliphatic rings. The lowest BCUT2D eigenvalue weighted by molar-refractivity contribution is -0.116. The maximum atomic E-state index is 12.2. The molecular weight excluding hydrogens is 409 g/mol. The van der Waals surface area contributed by atoms with Gasteiger partial charge in [-0.05, 0) is 23.8 Å². The van der Waals surface area contributed by atoms with E-state index in [9.17, 15) is 9.59 Å². The number of rotatable bonds is 6. The van der Waals surface area contributed by atoms with E-state index in [0.29, 0.717) is 21.6 Å². The summed E-state index contributed by atoms with van der Waals surface area (Å²) in [7, 11) is 1.53. The molecule has 2 aromatic heterocycles. The van der Waals surface area contributed by atoms with Crippen LogP contribution < -0.4 is 5.32 Å². The highest BCUT2D eigenvalue weighted by Gasteiger charge is 2.18. The molecule has 0 fully saturated rings. The Hall–Kier alpha value is -2.35. The highest BCUT2D eigenvalue weighted by molar-refractivity contribution is 7.15. The molecule has 0 radical (unpaired) electrons. The molecule has 0 spiro atoms. The number of carbonyl (C=O) groups is 2. The van der Waals surface area contributed by atoms with Crippen molar-refractivity contribution in [3.05, 3.63) is 69.0 Å². The smallest absolute Gasteiger partial charge is 0.289 e. The normalized spacial score (nSPS) is 10.6. The Balaban J connectivity index is 1.58. The van der Waals surface area contributed by atoms with E-state index in [2.05, 4.69) is 10.3 Å². The molecule has 0 aliphatic carbocycles. The van der Waals surface area contributed by atoms with E-state index in [1.165, 1.54) is 29.5 Å². The van der Waals surface area contributed by atoms with Gasteiger partial charge in [0.1, 0.15) is 6.54 Å². The molecule has 2 heterocycles. The topological polar surface area (TPSA) is 75.4 Å². The van der Waals surface area contributed by atoms with Gasteiger partial charge in [0.05, 0.1) is 16.3 Å². The van der Waals surface area contributed by atoms with Crippen molar-refractivity contribution in [3.63, 3.8) is 0 Å². The molecule has 0 saturated carbocycles. The van der Waals surface area contributed by atoms with E-state index in [4.69, 9.17) is 27.6 Å². The van der Waals surface area contributed by atoms with Gasteiger partial charge in [-0.2, -0.15) is 0 Å². The fourth-order valence-electron chi connectivity index (χ4n) is 2.35. The van der Waals surface area contributed by atoms with Crippen LogP contribution in [0.3, 0.4) is 0 Å². The molecule has 9 heteroatoms. The highest BCUT2D eigenvalue weighted by atomic mass is 35.5. The lowest BCUT2D eigenvalue weighted by atomic mass is 10.1. The largest absolute Gasteiger partial charge is 0.459 e. The fraction of sp³-hybridized carbons (Fsp3) is 0.167. The average Bonchev–Trinajstić information content (AvgIpc) is 3.30. The number of hydrogen-bond acceptors (Lipinski definition) is 5. The Kier molecular flexibility index (Phi) is 6.15. The van der Waals surface area contributed by atoms with Gasteiger partial charge in [-0.1, -0.05) is 35.3 Å². The lowest BCUT2D eigenvalue weighted by Crippen LogP contribution is -2.34. The van der Waals surface area contributed by atoms with Crippen LogP contribution in [0.15, 0.2) is 47.2 Å². The van der Waals surface area contributed by atoms with Crippen LogP contribution in [0.1, 0.15) is 21.0 Å². The predicted molar refractivity (Wildman–Crippen MR) is 106 cm³/mol. The van der Waals surface area contributed by atoms with Crippen LogP contribution >= 0.6 is 34.5 Å². The van der Waals surface area contributed by atoms with Crippen LogP contribution in [0, 0.1) is 0 Å². The standard InChI is InChI=1S/C18H15Cl2N3O3S/c1-23(17(25)14-6-3-7-26-14)10-15(24)22-18-21-9-12(27-18)8-11-4-2-5-13(19)16(11)20/h2-7,9H,8,10H2,1H3,(H,21,22,24). The molecule has 0 unspecified atom stereocenters. The molecule has 0 saturated heterocycles.